The Morgan fingerprint density at radius 3 is 2.47 bits per heavy atom. The Morgan fingerprint density at radius 1 is 1.03 bits per heavy atom. The number of halogens is 5. The number of fused-ring (bicyclic) bond motifs is 7. The van der Waals surface area contributed by atoms with Gasteiger partial charge in [0.15, 0.2) is 0 Å². The molecule has 156 valence electrons. The number of aromatic nitrogens is 1. The molecule has 2 aliphatic heterocycles. The fourth-order valence-corrected chi connectivity index (χ4v) is 5.45. The highest BCUT2D eigenvalue weighted by Crippen LogP contribution is 2.54. The van der Waals surface area contributed by atoms with Gasteiger partial charge in [-0.2, -0.15) is 13.2 Å². The second-order valence-electron chi connectivity index (χ2n) is 8.59. The summed E-state index contributed by atoms with van der Waals surface area (Å²) in [6.45, 7) is 6.00. The SMILES string of the molecule is Cc1cc2c(cc1Br)-c1cc3c(n1C(C)(C)C2)C(C(F)(F)F)Oc1ccc(Br)cc1-3. The minimum absolute atomic E-state index is 0.176. The van der Waals surface area contributed by atoms with Crippen LogP contribution in [0.2, 0.25) is 0 Å². The van der Waals surface area contributed by atoms with Crippen LogP contribution in [-0.2, 0) is 12.0 Å². The maximum atomic E-state index is 14.2. The Labute approximate surface area is 189 Å². The second kappa shape index (κ2) is 6.39. The summed E-state index contributed by atoms with van der Waals surface area (Å²) in [5.41, 5.74) is 4.89. The molecule has 30 heavy (non-hydrogen) atoms. The molecular weight excluding hydrogens is 523 g/mol. The van der Waals surface area contributed by atoms with E-state index in [0.717, 1.165) is 31.3 Å². The maximum Gasteiger partial charge on any atom is 0.431 e. The normalized spacial score (nSPS) is 18.7. The lowest BCUT2D eigenvalue weighted by atomic mass is 9.85. The Bertz CT molecular complexity index is 1210. The summed E-state index contributed by atoms with van der Waals surface area (Å²) in [6.07, 6.45) is -5.90. The van der Waals surface area contributed by atoms with Gasteiger partial charge in [0.25, 0.3) is 0 Å². The first-order chi connectivity index (χ1) is 14.0. The fourth-order valence-electron chi connectivity index (χ4n) is 4.74. The van der Waals surface area contributed by atoms with Gasteiger partial charge < -0.3 is 9.30 Å². The Kier molecular flexibility index (Phi) is 4.30. The van der Waals surface area contributed by atoms with Crippen LogP contribution in [0.5, 0.6) is 5.75 Å². The van der Waals surface area contributed by atoms with Crippen LogP contribution in [0.4, 0.5) is 13.2 Å². The first kappa shape index (κ1) is 20.2. The van der Waals surface area contributed by atoms with Gasteiger partial charge in [-0.3, -0.25) is 0 Å². The van der Waals surface area contributed by atoms with E-state index >= 15 is 0 Å². The number of aryl methyl sites for hydroxylation is 1. The smallest absolute Gasteiger partial charge is 0.431 e. The van der Waals surface area contributed by atoms with Crippen LogP contribution < -0.4 is 4.74 Å². The molecule has 0 saturated carbocycles. The van der Waals surface area contributed by atoms with Crippen molar-refractivity contribution in [3.8, 4) is 28.1 Å². The molecule has 0 amide bonds. The van der Waals surface area contributed by atoms with E-state index in [2.05, 4.69) is 37.9 Å². The molecule has 0 N–H and O–H groups in total. The number of hydrogen-bond donors (Lipinski definition) is 0. The van der Waals surface area contributed by atoms with Crippen LogP contribution in [0, 0.1) is 6.92 Å². The van der Waals surface area contributed by atoms with Gasteiger partial charge in [0, 0.05) is 36.9 Å². The zero-order valence-electron chi connectivity index (χ0n) is 16.5. The van der Waals surface area contributed by atoms with Crippen molar-refractivity contribution in [2.75, 3.05) is 0 Å². The molecule has 2 aliphatic rings. The summed E-state index contributed by atoms with van der Waals surface area (Å²) < 4.78 is 51.6. The van der Waals surface area contributed by atoms with E-state index in [9.17, 15) is 13.2 Å². The molecule has 3 aromatic rings. The summed E-state index contributed by atoms with van der Waals surface area (Å²) in [6, 6.07) is 11.2. The third-order valence-corrected chi connectivity index (χ3v) is 7.30. The van der Waals surface area contributed by atoms with Gasteiger partial charge in [-0.1, -0.05) is 37.9 Å². The van der Waals surface area contributed by atoms with Crippen molar-refractivity contribution < 1.29 is 17.9 Å². The van der Waals surface area contributed by atoms with Crippen LogP contribution in [0.15, 0.2) is 45.3 Å². The Morgan fingerprint density at radius 2 is 1.77 bits per heavy atom. The van der Waals surface area contributed by atoms with Crippen LogP contribution in [0.3, 0.4) is 0 Å². The van der Waals surface area contributed by atoms with Crippen molar-refractivity contribution in [1.29, 1.82) is 0 Å². The molecule has 0 fully saturated rings. The lowest BCUT2D eigenvalue weighted by molar-refractivity contribution is -0.200. The zero-order valence-corrected chi connectivity index (χ0v) is 19.7. The molecule has 7 heteroatoms. The largest absolute Gasteiger partial charge is 0.474 e. The predicted molar refractivity (Wildman–Crippen MR) is 118 cm³/mol. The van der Waals surface area contributed by atoms with Gasteiger partial charge in [-0.15, -0.1) is 0 Å². The number of benzene rings is 2. The topological polar surface area (TPSA) is 14.2 Å². The lowest BCUT2D eigenvalue weighted by Gasteiger charge is -2.39. The van der Waals surface area contributed by atoms with E-state index in [0.29, 0.717) is 17.5 Å². The molecule has 0 spiro atoms. The first-order valence-electron chi connectivity index (χ1n) is 9.56. The van der Waals surface area contributed by atoms with Gasteiger partial charge in [0.2, 0.25) is 6.10 Å². The van der Waals surface area contributed by atoms with Crippen molar-refractivity contribution in [3.05, 3.63) is 62.2 Å². The molecule has 0 aliphatic carbocycles. The predicted octanol–water partition coefficient (Wildman–Crippen LogP) is 7.94. The lowest BCUT2D eigenvalue weighted by Crippen LogP contribution is -2.39. The zero-order chi connectivity index (χ0) is 21.6. The quantitative estimate of drug-likeness (QED) is 0.282. The molecule has 2 nitrogen and oxygen atoms in total. The molecule has 3 heterocycles. The minimum Gasteiger partial charge on any atom is -0.474 e. The molecule has 1 atom stereocenters. The van der Waals surface area contributed by atoms with Gasteiger partial charge in [-0.05, 0) is 68.7 Å². The van der Waals surface area contributed by atoms with E-state index < -0.39 is 17.8 Å². The molecule has 0 saturated heterocycles. The summed E-state index contributed by atoms with van der Waals surface area (Å²) in [5, 5.41) is 0. The molecular formula is C23H18Br2F3NO. The highest BCUT2D eigenvalue weighted by Gasteiger charge is 2.51. The average molecular weight is 541 g/mol. The van der Waals surface area contributed by atoms with Crippen molar-refractivity contribution in [1.82, 2.24) is 4.57 Å². The van der Waals surface area contributed by atoms with E-state index in [-0.39, 0.29) is 11.4 Å². The standard InChI is InChI=1S/C23H18Br2F3NO/c1-11-6-12-10-22(2,3)29-18(14(12)8-17(11)25)9-16-15-7-13(24)4-5-19(15)30-21(20(16)29)23(26,27)28/h4-9,21H,10H2,1-3H3. The van der Waals surface area contributed by atoms with Crippen molar-refractivity contribution in [2.45, 2.75) is 45.0 Å². The maximum absolute atomic E-state index is 14.2. The van der Waals surface area contributed by atoms with Gasteiger partial charge >= 0.3 is 6.18 Å². The monoisotopic (exact) mass is 539 g/mol. The van der Waals surface area contributed by atoms with Crippen molar-refractivity contribution in [2.24, 2.45) is 0 Å². The number of alkyl halides is 3. The van der Waals surface area contributed by atoms with Gasteiger partial charge in [-0.25, -0.2) is 0 Å². The van der Waals surface area contributed by atoms with E-state index in [1.165, 1.54) is 0 Å². The van der Waals surface area contributed by atoms with E-state index in [1.807, 2.05) is 43.5 Å². The van der Waals surface area contributed by atoms with Crippen LogP contribution in [-0.4, -0.2) is 10.7 Å². The third-order valence-electron chi connectivity index (χ3n) is 5.95. The summed E-state index contributed by atoms with van der Waals surface area (Å²) in [4.78, 5) is 0. The average Bonchev–Trinajstić information content (AvgIpc) is 3.04. The molecule has 2 aromatic carbocycles. The van der Waals surface area contributed by atoms with E-state index in [4.69, 9.17) is 4.74 Å². The Hall–Kier alpha value is -1.73. The van der Waals surface area contributed by atoms with Crippen LogP contribution >= 0.6 is 31.9 Å². The number of ether oxygens (including phenoxy) is 1. The first-order valence-corrected chi connectivity index (χ1v) is 11.1. The minimum atomic E-state index is -4.53. The van der Waals surface area contributed by atoms with E-state index in [1.54, 1.807) is 12.1 Å². The molecule has 0 bridgehead atoms. The molecule has 1 aromatic heterocycles. The second-order valence-corrected chi connectivity index (χ2v) is 10.4. The van der Waals surface area contributed by atoms with Crippen molar-refractivity contribution in [3.63, 3.8) is 0 Å². The summed E-state index contributed by atoms with van der Waals surface area (Å²) in [5.74, 6) is 0.249. The number of hydrogen-bond acceptors (Lipinski definition) is 1. The third kappa shape index (κ3) is 2.88. The fraction of sp³-hybridized carbons (Fsp3) is 0.304. The molecule has 1 unspecified atom stereocenters. The molecule has 0 radical (unpaired) electrons. The van der Waals surface area contributed by atoms with Crippen molar-refractivity contribution >= 4 is 31.9 Å². The summed E-state index contributed by atoms with van der Waals surface area (Å²) in [7, 11) is 0. The van der Waals surface area contributed by atoms with Crippen LogP contribution in [0.1, 0.15) is 36.8 Å². The summed E-state index contributed by atoms with van der Waals surface area (Å²) >= 11 is 7.03. The van der Waals surface area contributed by atoms with Gasteiger partial charge in [0.05, 0.1) is 5.69 Å². The molecule has 5 rings (SSSR count). The van der Waals surface area contributed by atoms with Gasteiger partial charge in [0.1, 0.15) is 5.75 Å². The highest BCUT2D eigenvalue weighted by atomic mass is 79.9. The number of rotatable bonds is 0. The Balaban J connectivity index is 1.88. The number of nitrogens with zero attached hydrogens (tertiary/aromatic N) is 1. The van der Waals surface area contributed by atoms with Crippen LogP contribution in [0.25, 0.3) is 22.4 Å². The highest BCUT2D eigenvalue weighted by molar-refractivity contribution is 9.10.